The average Bonchev–Trinajstić information content (AvgIpc) is 2.30. The van der Waals surface area contributed by atoms with Crippen LogP contribution in [0.2, 0.25) is 0 Å². The molecule has 0 spiro atoms. The van der Waals surface area contributed by atoms with Crippen LogP contribution in [-0.4, -0.2) is 32.3 Å². The van der Waals surface area contributed by atoms with Crippen LogP contribution >= 0.6 is 11.8 Å². The minimum Gasteiger partial charge on any atom is -0.355 e. The van der Waals surface area contributed by atoms with Crippen molar-refractivity contribution in [2.45, 2.75) is 11.3 Å². The van der Waals surface area contributed by atoms with E-state index in [-0.39, 0.29) is 5.91 Å². The molecule has 0 saturated carbocycles. The zero-order valence-electron chi connectivity index (χ0n) is 9.75. The maximum atomic E-state index is 11.2. The first-order valence-corrected chi connectivity index (χ1v) is 6.53. The quantitative estimate of drug-likeness (QED) is 0.734. The molecule has 3 nitrogen and oxygen atoms in total. The Bertz CT molecular complexity index is 342. The molecular formula is C12H18N2OS. The van der Waals surface area contributed by atoms with E-state index in [1.54, 1.807) is 18.8 Å². The second kappa shape index (κ2) is 7.30. The van der Waals surface area contributed by atoms with Crippen LogP contribution in [0, 0.1) is 0 Å². The Morgan fingerprint density at radius 3 is 2.81 bits per heavy atom. The highest BCUT2D eigenvalue weighted by Crippen LogP contribution is 2.19. The molecule has 1 amide bonds. The Morgan fingerprint density at radius 1 is 1.38 bits per heavy atom. The molecule has 4 heteroatoms. The van der Waals surface area contributed by atoms with Crippen LogP contribution in [0.5, 0.6) is 0 Å². The lowest BCUT2D eigenvalue weighted by Crippen LogP contribution is -2.33. The third-order valence-electron chi connectivity index (χ3n) is 2.25. The van der Waals surface area contributed by atoms with E-state index < -0.39 is 0 Å². The Hall–Kier alpha value is -1.00. The van der Waals surface area contributed by atoms with Gasteiger partial charge in [0.15, 0.2) is 0 Å². The van der Waals surface area contributed by atoms with Crippen molar-refractivity contribution in [3.63, 3.8) is 0 Å². The van der Waals surface area contributed by atoms with E-state index in [4.69, 9.17) is 0 Å². The van der Waals surface area contributed by atoms with Gasteiger partial charge in [0.25, 0.3) is 0 Å². The van der Waals surface area contributed by atoms with Crippen molar-refractivity contribution in [3.05, 3.63) is 29.8 Å². The minimum absolute atomic E-state index is 0.0455. The smallest absolute Gasteiger partial charge is 0.233 e. The second-order valence-corrected chi connectivity index (χ2v) is 4.29. The number of nitrogens with one attached hydrogen (secondary N) is 2. The van der Waals surface area contributed by atoms with Crippen molar-refractivity contribution < 1.29 is 4.79 Å². The van der Waals surface area contributed by atoms with E-state index in [9.17, 15) is 4.79 Å². The number of rotatable bonds is 6. The first kappa shape index (κ1) is 13.1. The maximum Gasteiger partial charge on any atom is 0.233 e. The Morgan fingerprint density at radius 2 is 2.12 bits per heavy atom. The molecule has 0 unspecified atom stereocenters. The molecule has 0 bridgehead atoms. The van der Waals surface area contributed by atoms with Crippen LogP contribution in [-0.2, 0) is 11.2 Å². The number of carbonyl (C=O) groups is 1. The lowest BCUT2D eigenvalue weighted by Gasteiger charge is -2.08. The lowest BCUT2D eigenvalue weighted by atomic mass is 10.1. The van der Waals surface area contributed by atoms with Gasteiger partial charge >= 0.3 is 0 Å². The van der Waals surface area contributed by atoms with Crippen LogP contribution < -0.4 is 10.6 Å². The number of carbonyl (C=O) groups excluding carboxylic acids is 1. The SMILES string of the molecule is CNCC(=O)NCCc1ccccc1SC. The highest BCUT2D eigenvalue weighted by atomic mass is 32.2. The van der Waals surface area contributed by atoms with E-state index in [2.05, 4.69) is 29.0 Å². The Balaban J connectivity index is 2.39. The molecule has 2 N–H and O–H groups in total. The van der Waals surface area contributed by atoms with Gasteiger partial charge in [0.05, 0.1) is 6.54 Å². The first-order chi connectivity index (χ1) is 7.77. The fourth-order valence-corrected chi connectivity index (χ4v) is 2.12. The molecule has 0 aliphatic carbocycles. The fraction of sp³-hybridized carbons (Fsp3) is 0.417. The molecule has 0 aliphatic rings. The average molecular weight is 238 g/mol. The van der Waals surface area contributed by atoms with E-state index in [1.165, 1.54) is 10.5 Å². The summed E-state index contributed by atoms with van der Waals surface area (Å²) in [4.78, 5) is 12.5. The number of amides is 1. The van der Waals surface area contributed by atoms with Crippen molar-refractivity contribution in [2.24, 2.45) is 0 Å². The van der Waals surface area contributed by atoms with Gasteiger partial charge in [-0.25, -0.2) is 0 Å². The zero-order chi connectivity index (χ0) is 11.8. The number of likely N-dealkylation sites (N-methyl/N-ethyl adjacent to an activating group) is 1. The minimum atomic E-state index is 0.0455. The summed E-state index contributed by atoms with van der Waals surface area (Å²) in [7, 11) is 1.77. The van der Waals surface area contributed by atoms with Crippen LogP contribution in [0.25, 0.3) is 0 Å². The van der Waals surface area contributed by atoms with E-state index in [1.807, 2.05) is 12.1 Å². The van der Waals surface area contributed by atoms with Crippen molar-refractivity contribution in [2.75, 3.05) is 26.4 Å². The maximum absolute atomic E-state index is 11.2. The third-order valence-corrected chi connectivity index (χ3v) is 3.08. The predicted molar refractivity (Wildman–Crippen MR) is 68.9 cm³/mol. The summed E-state index contributed by atoms with van der Waals surface area (Å²) in [5.74, 6) is 0.0455. The van der Waals surface area contributed by atoms with Crippen molar-refractivity contribution in [1.82, 2.24) is 10.6 Å². The van der Waals surface area contributed by atoms with Crippen molar-refractivity contribution in [1.29, 1.82) is 0 Å². The molecular weight excluding hydrogens is 220 g/mol. The van der Waals surface area contributed by atoms with Gasteiger partial charge in [0.2, 0.25) is 5.91 Å². The molecule has 0 radical (unpaired) electrons. The standard InChI is InChI=1S/C12H18N2OS/c1-13-9-12(15)14-8-7-10-5-3-4-6-11(10)16-2/h3-6,13H,7-9H2,1-2H3,(H,14,15). The molecule has 1 aromatic carbocycles. The summed E-state index contributed by atoms with van der Waals surface area (Å²) >= 11 is 1.74. The molecule has 1 rings (SSSR count). The number of hydrogen-bond acceptors (Lipinski definition) is 3. The third kappa shape index (κ3) is 4.24. The first-order valence-electron chi connectivity index (χ1n) is 5.31. The van der Waals surface area contributed by atoms with Gasteiger partial charge in [-0.05, 0) is 31.4 Å². The normalized spacial score (nSPS) is 10.1. The van der Waals surface area contributed by atoms with Gasteiger partial charge in [0, 0.05) is 11.4 Å². The molecule has 0 fully saturated rings. The highest BCUT2D eigenvalue weighted by molar-refractivity contribution is 7.98. The highest BCUT2D eigenvalue weighted by Gasteiger charge is 2.01. The Kier molecular flexibility index (Phi) is 5.96. The van der Waals surface area contributed by atoms with E-state index in [0.717, 1.165) is 6.42 Å². The van der Waals surface area contributed by atoms with Gasteiger partial charge in [-0.15, -0.1) is 11.8 Å². The topological polar surface area (TPSA) is 41.1 Å². The van der Waals surface area contributed by atoms with E-state index >= 15 is 0 Å². The van der Waals surface area contributed by atoms with Crippen LogP contribution in [0.15, 0.2) is 29.2 Å². The molecule has 0 aliphatic heterocycles. The second-order valence-electron chi connectivity index (χ2n) is 3.44. The number of hydrogen-bond donors (Lipinski definition) is 2. The molecule has 1 aromatic rings. The predicted octanol–water partition coefficient (Wildman–Crippen LogP) is 1.29. The van der Waals surface area contributed by atoms with E-state index in [0.29, 0.717) is 13.1 Å². The van der Waals surface area contributed by atoms with Gasteiger partial charge in [-0.2, -0.15) is 0 Å². The van der Waals surface area contributed by atoms with Crippen LogP contribution in [0.4, 0.5) is 0 Å². The number of thioether (sulfide) groups is 1. The van der Waals surface area contributed by atoms with Gasteiger partial charge < -0.3 is 10.6 Å². The molecule has 16 heavy (non-hydrogen) atoms. The summed E-state index contributed by atoms with van der Waals surface area (Å²) in [5.41, 5.74) is 1.29. The summed E-state index contributed by atoms with van der Waals surface area (Å²) in [6, 6.07) is 8.28. The molecule has 0 heterocycles. The van der Waals surface area contributed by atoms with Crippen LogP contribution in [0.1, 0.15) is 5.56 Å². The monoisotopic (exact) mass is 238 g/mol. The summed E-state index contributed by atoms with van der Waals surface area (Å²) in [6.07, 6.45) is 2.95. The van der Waals surface area contributed by atoms with Gasteiger partial charge in [-0.1, -0.05) is 18.2 Å². The molecule has 88 valence electrons. The largest absolute Gasteiger partial charge is 0.355 e. The van der Waals surface area contributed by atoms with Gasteiger partial charge in [0.1, 0.15) is 0 Å². The number of benzene rings is 1. The molecule has 0 saturated heterocycles. The van der Waals surface area contributed by atoms with Crippen LogP contribution in [0.3, 0.4) is 0 Å². The van der Waals surface area contributed by atoms with Crippen molar-refractivity contribution >= 4 is 17.7 Å². The van der Waals surface area contributed by atoms with Gasteiger partial charge in [-0.3, -0.25) is 4.79 Å². The molecule has 0 atom stereocenters. The summed E-state index contributed by atoms with van der Waals surface area (Å²) in [5, 5.41) is 5.70. The lowest BCUT2D eigenvalue weighted by molar-refractivity contribution is -0.120. The van der Waals surface area contributed by atoms with Crippen molar-refractivity contribution in [3.8, 4) is 0 Å². The summed E-state index contributed by atoms with van der Waals surface area (Å²) < 4.78 is 0. The summed E-state index contributed by atoms with van der Waals surface area (Å²) in [6.45, 7) is 1.07. The Labute approximate surface area is 101 Å². The fourth-order valence-electron chi connectivity index (χ4n) is 1.47. The molecule has 0 aromatic heterocycles. The zero-order valence-corrected chi connectivity index (χ0v) is 10.6.